The maximum absolute atomic E-state index is 12.8. The molecule has 0 unspecified atom stereocenters. The molecule has 2 aromatic rings. The predicted octanol–water partition coefficient (Wildman–Crippen LogP) is 3.34. The Labute approximate surface area is 92.4 Å². The fourth-order valence-corrected chi connectivity index (χ4v) is 1.63. The third-order valence-corrected chi connectivity index (χ3v) is 2.45. The highest BCUT2D eigenvalue weighted by Crippen LogP contribution is 2.29. The Balaban J connectivity index is 2.58. The molecule has 1 aromatic heterocycles. The fraction of sp³-hybridized carbons (Fsp3) is 0.100. The van der Waals surface area contributed by atoms with E-state index in [-0.39, 0.29) is 5.56 Å². The van der Waals surface area contributed by atoms with Gasteiger partial charge in [-0.2, -0.15) is 8.78 Å². The molecule has 1 N–H and O–H groups in total. The van der Waals surface area contributed by atoms with E-state index >= 15 is 0 Å². The maximum Gasteiger partial charge on any atom is 0.363 e. The molecule has 0 atom stereocenters. The number of fused-ring (bicyclic) bond motifs is 1. The highest BCUT2D eigenvalue weighted by atomic mass is 79.9. The van der Waals surface area contributed by atoms with E-state index in [0.29, 0.717) is 10.9 Å². The van der Waals surface area contributed by atoms with Crippen LogP contribution < -0.4 is 0 Å². The van der Waals surface area contributed by atoms with E-state index < -0.39 is 10.6 Å². The smallest absolute Gasteiger partial charge is 0.360 e. The Morgan fingerprint density at radius 3 is 2.67 bits per heavy atom. The number of carbonyl (C=O) groups excluding carboxylic acids is 1. The summed E-state index contributed by atoms with van der Waals surface area (Å²) in [6, 6.07) is 6.80. The van der Waals surface area contributed by atoms with Crippen molar-refractivity contribution in [2.24, 2.45) is 0 Å². The van der Waals surface area contributed by atoms with Crippen molar-refractivity contribution in [1.82, 2.24) is 4.98 Å². The zero-order valence-electron chi connectivity index (χ0n) is 7.43. The molecule has 0 saturated heterocycles. The van der Waals surface area contributed by atoms with Crippen LogP contribution in [0.25, 0.3) is 10.9 Å². The van der Waals surface area contributed by atoms with Gasteiger partial charge in [-0.3, -0.25) is 4.79 Å². The summed E-state index contributed by atoms with van der Waals surface area (Å²) in [5.41, 5.74) is 0.657. The molecule has 0 amide bonds. The molecule has 0 aliphatic carbocycles. The summed E-state index contributed by atoms with van der Waals surface area (Å²) in [5.74, 6) is -1.24. The first-order valence-corrected chi connectivity index (χ1v) is 4.97. The van der Waals surface area contributed by atoms with E-state index in [4.69, 9.17) is 0 Å². The lowest BCUT2D eigenvalue weighted by atomic mass is 10.1. The molecule has 0 radical (unpaired) electrons. The van der Waals surface area contributed by atoms with Crippen molar-refractivity contribution in [2.45, 2.75) is 4.83 Å². The predicted molar refractivity (Wildman–Crippen MR) is 56.5 cm³/mol. The van der Waals surface area contributed by atoms with Gasteiger partial charge in [0.2, 0.25) is 5.78 Å². The molecule has 15 heavy (non-hydrogen) atoms. The number of benzene rings is 1. The van der Waals surface area contributed by atoms with Crippen LogP contribution in [0.2, 0.25) is 0 Å². The first-order valence-electron chi connectivity index (χ1n) is 4.18. The van der Waals surface area contributed by atoms with Crippen molar-refractivity contribution in [3.05, 3.63) is 36.0 Å². The summed E-state index contributed by atoms with van der Waals surface area (Å²) < 4.78 is 25.5. The molecule has 78 valence electrons. The quantitative estimate of drug-likeness (QED) is 0.661. The minimum atomic E-state index is -3.52. The number of aromatic nitrogens is 1. The fourth-order valence-electron chi connectivity index (χ4n) is 1.41. The summed E-state index contributed by atoms with van der Waals surface area (Å²) in [6.45, 7) is 0. The average Bonchev–Trinajstić information content (AvgIpc) is 2.58. The minimum Gasteiger partial charge on any atom is -0.360 e. The lowest BCUT2D eigenvalue weighted by molar-refractivity contribution is 0.0594. The van der Waals surface area contributed by atoms with Crippen LogP contribution in [0.15, 0.2) is 30.5 Å². The van der Waals surface area contributed by atoms with Gasteiger partial charge in [-0.25, -0.2) is 0 Å². The third-order valence-electron chi connectivity index (χ3n) is 2.09. The van der Waals surface area contributed by atoms with Crippen LogP contribution in [0.3, 0.4) is 0 Å². The van der Waals surface area contributed by atoms with Crippen LogP contribution in [0.5, 0.6) is 0 Å². The molecular weight excluding hydrogens is 268 g/mol. The molecule has 5 heteroatoms. The lowest BCUT2D eigenvalue weighted by Gasteiger charge is -2.04. The standard InChI is InChI=1S/C10H6BrF2NO/c11-10(12,13)9(15)7-5-14-8-4-2-1-3-6(7)8/h1-5,14H. The molecule has 0 aliphatic rings. The topological polar surface area (TPSA) is 32.9 Å². The molecule has 1 heterocycles. The number of alkyl halides is 3. The van der Waals surface area contributed by atoms with Crippen LogP contribution in [-0.2, 0) is 0 Å². The summed E-state index contributed by atoms with van der Waals surface area (Å²) in [5, 5.41) is 0.502. The number of H-pyrrole nitrogens is 1. The van der Waals surface area contributed by atoms with Crippen molar-refractivity contribution < 1.29 is 13.6 Å². The number of carbonyl (C=O) groups is 1. The van der Waals surface area contributed by atoms with Gasteiger partial charge in [0.25, 0.3) is 0 Å². The average molecular weight is 274 g/mol. The number of halogens is 3. The van der Waals surface area contributed by atoms with Gasteiger partial charge in [-0.15, -0.1) is 0 Å². The molecule has 2 rings (SSSR count). The number of ketones is 1. The zero-order chi connectivity index (χ0) is 11.1. The molecular formula is C10H6BrF2NO. The second-order valence-electron chi connectivity index (χ2n) is 3.07. The zero-order valence-corrected chi connectivity index (χ0v) is 9.01. The van der Waals surface area contributed by atoms with E-state index in [1.54, 1.807) is 24.3 Å². The van der Waals surface area contributed by atoms with E-state index in [1.165, 1.54) is 6.20 Å². The van der Waals surface area contributed by atoms with Crippen molar-refractivity contribution in [3.8, 4) is 0 Å². The highest BCUT2D eigenvalue weighted by molar-refractivity contribution is 9.10. The van der Waals surface area contributed by atoms with Crippen LogP contribution in [0.1, 0.15) is 10.4 Å². The van der Waals surface area contributed by atoms with Crippen molar-refractivity contribution in [2.75, 3.05) is 0 Å². The van der Waals surface area contributed by atoms with Crippen molar-refractivity contribution in [3.63, 3.8) is 0 Å². The Bertz CT molecular complexity index is 515. The van der Waals surface area contributed by atoms with E-state index in [9.17, 15) is 13.6 Å². The summed E-state index contributed by atoms with van der Waals surface area (Å²) >= 11 is 2.05. The van der Waals surface area contributed by atoms with Crippen LogP contribution >= 0.6 is 15.9 Å². The normalized spacial score (nSPS) is 11.9. The summed E-state index contributed by atoms with van der Waals surface area (Å²) in [6.07, 6.45) is 1.29. The van der Waals surface area contributed by atoms with Gasteiger partial charge in [0.15, 0.2) is 0 Å². The second kappa shape index (κ2) is 3.41. The van der Waals surface area contributed by atoms with Gasteiger partial charge < -0.3 is 4.98 Å². The number of para-hydroxylation sites is 1. The van der Waals surface area contributed by atoms with E-state index in [1.807, 2.05) is 0 Å². The first-order chi connectivity index (χ1) is 7.00. The number of Topliss-reactive ketones (excluding diaryl/α,β-unsaturated/α-hetero) is 1. The van der Waals surface area contributed by atoms with Crippen LogP contribution in [0, 0.1) is 0 Å². The van der Waals surface area contributed by atoms with Gasteiger partial charge in [-0.05, 0) is 22.0 Å². The van der Waals surface area contributed by atoms with Crippen molar-refractivity contribution >= 4 is 32.6 Å². The lowest BCUT2D eigenvalue weighted by Crippen LogP contribution is -2.20. The van der Waals surface area contributed by atoms with Gasteiger partial charge in [0.05, 0.1) is 5.56 Å². The highest BCUT2D eigenvalue weighted by Gasteiger charge is 2.36. The van der Waals surface area contributed by atoms with Gasteiger partial charge >= 0.3 is 4.83 Å². The molecule has 2 nitrogen and oxygen atoms in total. The Morgan fingerprint density at radius 2 is 2.00 bits per heavy atom. The molecule has 0 aliphatic heterocycles. The first kappa shape index (κ1) is 10.3. The number of hydrogen-bond acceptors (Lipinski definition) is 1. The van der Waals surface area contributed by atoms with Crippen LogP contribution in [0.4, 0.5) is 8.78 Å². The molecule has 0 spiro atoms. The monoisotopic (exact) mass is 273 g/mol. The minimum absolute atomic E-state index is 0.00697. The van der Waals surface area contributed by atoms with Crippen molar-refractivity contribution in [1.29, 1.82) is 0 Å². The summed E-state index contributed by atoms with van der Waals surface area (Å²) in [4.78, 5) is 10.6. The molecule has 1 aromatic carbocycles. The number of hydrogen-bond donors (Lipinski definition) is 1. The van der Waals surface area contributed by atoms with E-state index in [0.717, 1.165) is 0 Å². The Kier molecular flexibility index (Phi) is 2.34. The maximum atomic E-state index is 12.8. The SMILES string of the molecule is O=C(c1c[nH]c2ccccc12)C(F)(F)Br. The largest absolute Gasteiger partial charge is 0.363 e. The number of nitrogens with one attached hydrogen (secondary N) is 1. The Morgan fingerprint density at radius 1 is 1.33 bits per heavy atom. The Hall–Kier alpha value is -1.23. The number of rotatable bonds is 2. The summed E-state index contributed by atoms with van der Waals surface area (Å²) in [7, 11) is 0. The van der Waals surface area contributed by atoms with Gasteiger partial charge in [0, 0.05) is 17.1 Å². The van der Waals surface area contributed by atoms with Gasteiger partial charge in [-0.1, -0.05) is 18.2 Å². The number of aromatic amines is 1. The third kappa shape index (κ3) is 1.79. The van der Waals surface area contributed by atoms with Gasteiger partial charge in [0.1, 0.15) is 0 Å². The molecule has 0 fully saturated rings. The molecule has 0 bridgehead atoms. The van der Waals surface area contributed by atoms with E-state index in [2.05, 4.69) is 20.9 Å². The molecule has 0 saturated carbocycles. The second-order valence-corrected chi connectivity index (χ2v) is 4.07. The van der Waals surface area contributed by atoms with Crippen LogP contribution in [-0.4, -0.2) is 15.6 Å².